The summed E-state index contributed by atoms with van der Waals surface area (Å²) in [6.07, 6.45) is 3.23. The molecule has 0 radical (unpaired) electrons. The van der Waals surface area contributed by atoms with E-state index < -0.39 is 0 Å². The van der Waals surface area contributed by atoms with Crippen molar-refractivity contribution in [3.05, 3.63) is 46.3 Å². The van der Waals surface area contributed by atoms with Gasteiger partial charge in [-0.05, 0) is 37.0 Å². The highest BCUT2D eigenvalue weighted by atomic mass is 32.1. The lowest BCUT2D eigenvalue weighted by Crippen LogP contribution is -2.36. The van der Waals surface area contributed by atoms with E-state index in [0.29, 0.717) is 12.4 Å². The fourth-order valence-electron chi connectivity index (χ4n) is 3.74. The molecule has 140 valence electrons. The number of hydrogen-bond donors (Lipinski definition) is 0. The molecular formula is C20H20FN3O2S. The number of halogens is 1. The lowest BCUT2D eigenvalue weighted by atomic mass is 10.2. The van der Waals surface area contributed by atoms with Crippen LogP contribution in [0.4, 0.5) is 4.39 Å². The monoisotopic (exact) mass is 385 g/mol. The van der Waals surface area contributed by atoms with Gasteiger partial charge in [0.15, 0.2) is 11.6 Å². The van der Waals surface area contributed by atoms with Gasteiger partial charge < -0.3 is 9.47 Å². The molecule has 0 saturated carbocycles. The van der Waals surface area contributed by atoms with E-state index in [2.05, 4.69) is 4.90 Å². The van der Waals surface area contributed by atoms with E-state index in [9.17, 15) is 4.39 Å². The van der Waals surface area contributed by atoms with Crippen LogP contribution in [0.5, 0.6) is 11.6 Å². The van der Waals surface area contributed by atoms with Gasteiger partial charge >= 0.3 is 0 Å². The standard InChI is InChI=1S/C20H20FN3O2S/c21-14-5-1-2-6-15(14)26-19-18-13-4-3-7-16(13)27-20(18)23-17(22-19)12-24-8-10-25-11-9-24/h1-2,5-6H,3-4,7-12H2. The molecule has 0 amide bonds. The lowest BCUT2D eigenvalue weighted by molar-refractivity contribution is 0.0330. The van der Waals surface area contributed by atoms with E-state index in [4.69, 9.17) is 19.4 Å². The van der Waals surface area contributed by atoms with Gasteiger partial charge in [0.25, 0.3) is 0 Å². The van der Waals surface area contributed by atoms with Crippen molar-refractivity contribution in [3.8, 4) is 11.6 Å². The summed E-state index contributed by atoms with van der Waals surface area (Å²) in [6, 6.07) is 6.46. The van der Waals surface area contributed by atoms with Crippen molar-refractivity contribution in [3.63, 3.8) is 0 Å². The van der Waals surface area contributed by atoms with Gasteiger partial charge in [0.1, 0.15) is 10.7 Å². The number of aromatic nitrogens is 2. The number of hydrogen-bond acceptors (Lipinski definition) is 6. The highest BCUT2D eigenvalue weighted by Gasteiger charge is 2.24. The molecule has 2 aromatic heterocycles. The van der Waals surface area contributed by atoms with E-state index in [0.717, 1.165) is 61.6 Å². The van der Waals surface area contributed by atoms with Crippen LogP contribution in [0.3, 0.4) is 0 Å². The van der Waals surface area contributed by atoms with Crippen LogP contribution in [0, 0.1) is 5.82 Å². The zero-order valence-electron chi connectivity index (χ0n) is 14.9. The predicted octanol–water partition coefficient (Wildman–Crippen LogP) is 3.94. The maximum Gasteiger partial charge on any atom is 0.231 e. The Labute approximate surface area is 160 Å². The predicted molar refractivity (Wildman–Crippen MR) is 102 cm³/mol. The maximum atomic E-state index is 14.2. The number of rotatable bonds is 4. The van der Waals surface area contributed by atoms with Crippen molar-refractivity contribution in [2.45, 2.75) is 25.8 Å². The molecule has 2 aliphatic rings. The molecule has 0 spiro atoms. The fraction of sp³-hybridized carbons (Fsp3) is 0.400. The molecule has 1 aliphatic carbocycles. The number of benzene rings is 1. The van der Waals surface area contributed by atoms with Gasteiger partial charge in [-0.1, -0.05) is 12.1 Å². The van der Waals surface area contributed by atoms with Crippen molar-refractivity contribution < 1.29 is 13.9 Å². The number of ether oxygens (including phenoxy) is 2. The minimum atomic E-state index is -0.383. The number of fused-ring (bicyclic) bond motifs is 3. The van der Waals surface area contributed by atoms with Crippen LogP contribution in [0.15, 0.2) is 24.3 Å². The van der Waals surface area contributed by atoms with Crippen LogP contribution in [0.25, 0.3) is 10.2 Å². The number of thiophene rings is 1. The second kappa shape index (κ2) is 7.14. The van der Waals surface area contributed by atoms with Crippen LogP contribution in [0.1, 0.15) is 22.7 Å². The first-order valence-electron chi connectivity index (χ1n) is 9.31. The topological polar surface area (TPSA) is 47.5 Å². The van der Waals surface area contributed by atoms with Crippen LogP contribution in [-0.4, -0.2) is 41.2 Å². The van der Waals surface area contributed by atoms with Crippen molar-refractivity contribution in [2.24, 2.45) is 0 Å². The number of aryl methyl sites for hydroxylation is 2. The summed E-state index contributed by atoms with van der Waals surface area (Å²) in [5, 5.41) is 0.960. The highest BCUT2D eigenvalue weighted by Crippen LogP contribution is 2.41. The zero-order valence-corrected chi connectivity index (χ0v) is 15.7. The van der Waals surface area contributed by atoms with Gasteiger partial charge in [0.2, 0.25) is 5.88 Å². The molecule has 0 atom stereocenters. The second-order valence-electron chi connectivity index (χ2n) is 6.90. The lowest BCUT2D eigenvalue weighted by Gasteiger charge is -2.25. The first-order valence-corrected chi connectivity index (χ1v) is 10.1. The third-order valence-corrected chi connectivity index (χ3v) is 6.28. The van der Waals surface area contributed by atoms with Crippen LogP contribution >= 0.6 is 11.3 Å². The normalized spacial score (nSPS) is 17.4. The summed E-state index contributed by atoms with van der Waals surface area (Å²) in [5.74, 6) is 1.02. The summed E-state index contributed by atoms with van der Waals surface area (Å²) >= 11 is 1.72. The Balaban J connectivity index is 1.56. The molecule has 1 aromatic carbocycles. The molecular weight excluding hydrogens is 365 g/mol. The quantitative estimate of drug-likeness (QED) is 0.681. The maximum absolute atomic E-state index is 14.2. The first kappa shape index (κ1) is 17.0. The molecule has 5 rings (SSSR count). The van der Waals surface area contributed by atoms with Crippen molar-refractivity contribution in [2.75, 3.05) is 26.3 Å². The van der Waals surface area contributed by atoms with Crippen molar-refractivity contribution in [1.29, 1.82) is 0 Å². The Morgan fingerprint density at radius 1 is 1.15 bits per heavy atom. The van der Waals surface area contributed by atoms with E-state index in [-0.39, 0.29) is 11.6 Å². The molecule has 3 aromatic rings. The highest BCUT2D eigenvalue weighted by molar-refractivity contribution is 7.19. The van der Waals surface area contributed by atoms with Gasteiger partial charge in [-0.15, -0.1) is 11.3 Å². The third-order valence-electron chi connectivity index (χ3n) is 5.09. The minimum absolute atomic E-state index is 0.202. The van der Waals surface area contributed by atoms with Crippen molar-refractivity contribution in [1.82, 2.24) is 14.9 Å². The third kappa shape index (κ3) is 3.31. The molecule has 1 aliphatic heterocycles. The number of nitrogens with zero attached hydrogens (tertiary/aromatic N) is 3. The molecule has 1 fully saturated rings. The Morgan fingerprint density at radius 2 is 2.00 bits per heavy atom. The fourth-order valence-corrected chi connectivity index (χ4v) is 5.01. The van der Waals surface area contributed by atoms with Gasteiger partial charge in [0.05, 0.1) is 25.1 Å². The Hall–Kier alpha value is -2.09. The average molecular weight is 385 g/mol. The Kier molecular flexibility index (Phi) is 4.51. The van der Waals surface area contributed by atoms with Gasteiger partial charge in [-0.25, -0.2) is 9.37 Å². The largest absolute Gasteiger partial charge is 0.435 e. The molecule has 0 unspecified atom stereocenters. The minimum Gasteiger partial charge on any atom is -0.435 e. The van der Waals surface area contributed by atoms with Crippen LogP contribution in [0.2, 0.25) is 0 Å². The zero-order chi connectivity index (χ0) is 18.2. The average Bonchev–Trinajstić information content (AvgIpc) is 3.25. The van der Waals surface area contributed by atoms with E-state index in [1.807, 2.05) is 0 Å². The Bertz CT molecular complexity index is 985. The summed E-state index contributed by atoms with van der Waals surface area (Å²) in [6.45, 7) is 3.84. The molecule has 0 N–H and O–H groups in total. The van der Waals surface area contributed by atoms with E-state index in [1.54, 1.807) is 29.5 Å². The van der Waals surface area contributed by atoms with E-state index in [1.165, 1.54) is 16.5 Å². The van der Waals surface area contributed by atoms with Crippen LogP contribution < -0.4 is 4.74 Å². The summed E-state index contributed by atoms with van der Waals surface area (Å²) < 4.78 is 25.6. The number of para-hydroxylation sites is 1. The van der Waals surface area contributed by atoms with Crippen LogP contribution in [-0.2, 0) is 24.1 Å². The first-order chi connectivity index (χ1) is 13.3. The number of morpholine rings is 1. The smallest absolute Gasteiger partial charge is 0.231 e. The Morgan fingerprint density at radius 3 is 2.85 bits per heavy atom. The SMILES string of the molecule is Fc1ccccc1Oc1nc(CN2CCOCC2)nc2sc3c(c12)CCC3. The summed E-state index contributed by atoms with van der Waals surface area (Å²) in [4.78, 5) is 14.1. The molecule has 5 nitrogen and oxygen atoms in total. The van der Waals surface area contributed by atoms with Gasteiger partial charge in [0, 0.05) is 18.0 Å². The van der Waals surface area contributed by atoms with Crippen molar-refractivity contribution >= 4 is 21.6 Å². The summed E-state index contributed by atoms with van der Waals surface area (Å²) in [5.41, 5.74) is 1.28. The molecule has 1 saturated heterocycles. The molecule has 3 heterocycles. The molecule has 7 heteroatoms. The van der Waals surface area contributed by atoms with E-state index >= 15 is 0 Å². The molecule has 0 bridgehead atoms. The molecule has 27 heavy (non-hydrogen) atoms. The van der Waals surface area contributed by atoms with Gasteiger partial charge in [-0.2, -0.15) is 4.98 Å². The van der Waals surface area contributed by atoms with Gasteiger partial charge in [-0.3, -0.25) is 4.90 Å². The summed E-state index contributed by atoms with van der Waals surface area (Å²) in [7, 11) is 0. The second-order valence-corrected chi connectivity index (χ2v) is 7.99.